The number of ether oxygens (including phenoxy) is 2. The fraction of sp³-hybridized carbons (Fsp3) is 0.500. The summed E-state index contributed by atoms with van der Waals surface area (Å²) in [4.78, 5) is 12.5. The summed E-state index contributed by atoms with van der Waals surface area (Å²) in [5.74, 6) is 1.04. The molecule has 1 saturated heterocycles. The summed E-state index contributed by atoms with van der Waals surface area (Å²) in [7, 11) is 3.18. The molecule has 140 valence electrons. The lowest BCUT2D eigenvalue weighted by Crippen LogP contribution is -2.29. The molecule has 1 aromatic heterocycles. The number of aromatic nitrogens is 3. The van der Waals surface area contributed by atoms with E-state index in [1.54, 1.807) is 25.1 Å². The molecule has 0 aliphatic carbocycles. The smallest absolute Gasteiger partial charge is 0.273 e. The predicted molar refractivity (Wildman–Crippen MR) is 96.6 cm³/mol. The van der Waals surface area contributed by atoms with Gasteiger partial charge in [-0.05, 0) is 50.6 Å². The Morgan fingerprint density at radius 2 is 2.00 bits per heavy atom. The first-order valence-corrected chi connectivity index (χ1v) is 8.77. The number of nitrogens with one attached hydrogen (secondary N) is 2. The summed E-state index contributed by atoms with van der Waals surface area (Å²) in [6.07, 6.45) is 3.71. The Balaban J connectivity index is 1.66. The van der Waals surface area contributed by atoms with Gasteiger partial charge in [0.25, 0.3) is 5.91 Å². The van der Waals surface area contributed by atoms with Gasteiger partial charge < -0.3 is 20.1 Å². The molecule has 0 spiro atoms. The van der Waals surface area contributed by atoms with E-state index in [1.807, 2.05) is 25.1 Å². The van der Waals surface area contributed by atoms with Crippen molar-refractivity contribution >= 4 is 5.91 Å². The van der Waals surface area contributed by atoms with E-state index >= 15 is 0 Å². The molecule has 2 aromatic rings. The second kappa shape index (κ2) is 8.18. The Kier molecular flexibility index (Phi) is 5.72. The highest BCUT2D eigenvalue weighted by Crippen LogP contribution is 2.30. The highest BCUT2D eigenvalue weighted by atomic mass is 16.5. The molecule has 2 heterocycles. The second-order valence-electron chi connectivity index (χ2n) is 6.37. The van der Waals surface area contributed by atoms with Crippen molar-refractivity contribution in [2.45, 2.75) is 31.8 Å². The van der Waals surface area contributed by atoms with Crippen molar-refractivity contribution in [3.8, 4) is 11.5 Å². The van der Waals surface area contributed by atoms with E-state index in [0.29, 0.717) is 23.2 Å². The third-order valence-corrected chi connectivity index (χ3v) is 4.68. The third-order valence-electron chi connectivity index (χ3n) is 4.68. The summed E-state index contributed by atoms with van der Waals surface area (Å²) in [5.41, 5.74) is 1.25. The highest BCUT2D eigenvalue weighted by Gasteiger charge is 2.20. The van der Waals surface area contributed by atoms with Gasteiger partial charge in [-0.2, -0.15) is 0 Å². The minimum absolute atomic E-state index is 0.202. The Hall–Kier alpha value is -2.61. The molecule has 1 atom stereocenters. The molecule has 0 bridgehead atoms. The van der Waals surface area contributed by atoms with Gasteiger partial charge in [0.2, 0.25) is 0 Å². The number of piperidine rings is 1. The Morgan fingerprint density at radius 1 is 1.27 bits per heavy atom. The van der Waals surface area contributed by atoms with Gasteiger partial charge in [-0.25, -0.2) is 4.68 Å². The first kappa shape index (κ1) is 18.2. The lowest BCUT2D eigenvalue weighted by molar-refractivity contribution is 0.0934. The van der Waals surface area contributed by atoms with E-state index in [-0.39, 0.29) is 11.9 Å². The molecule has 3 rings (SSSR count). The van der Waals surface area contributed by atoms with Crippen LogP contribution in [0.1, 0.15) is 47.9 Å². The van der Waals surface area contributed by atoms with Gasteiger partial charge in [0, 0.05) is 0 Å². The van der Waals surface area contributed by atoms with E-state index in [4.69, 9.17) is 9.47 Å². The first-order chi connectivity index (χ1) is 12.6. The maximum Gasteiger partial charge on any atom is 0.273 e. The summed E-state index contributed by atoms with van der Waals surface area (Å²) in [6.45, 7) is 3.83. The normalized spacial score (nSPS) is 16.1. The zero-order valence-electron chi connectivity index (χ0n) is 15.4. The van der Waals surface area contributed by atoms with Crippen LogP contribution in [0, 0.1) is 0 Å². The average Bonchev–Trinajstić information content (AvgIpc) is 3.18. The fourth-order valence-electron chi connectivity index (χ4n) is 3.11. The zero-order chi connectivity index (χ0) is 18.5. The lowest BCUT2D eigenvalue weighted by Gasteiger charge is -2.22. The van der Waals surface area contributed by atoms with Crippen LogP contribution in [0.15, 0.2) is 24.4 Å². The number of methoxy groups -OCH3 is 2. The molecule has 1 aromatic carbocycles. The number of carbonyl (C=O) groups is 1. The molecule has 1 aliphatic heterocycles. The summed E-state index contributed by atoms with van der Waals surface area (Å²) in [5, 5.41) is 14.4. The van der Waals surface area contributed by atoms with Gasteiger partial charge in [-0.3, -0.25) is 4.79 Å². The van der Waals surface area contributed by atoms with E-state index < -0.39 is 0 Å². The summed E-state index contributed by atoms with van der Waals surface area (Å²) >= 11 is 0. The van der Waals surface area contributed by atoms with Gasteiger partial charge >= 0.3 is 0 Å². The number of benzene rings is 1. The number of rotatable bonds is 6. The van der Waals surface area contributed by atoms with Gasteiger partial charge in [0.15, 0.2) is 17.2 Å². The highest BCUT2D eigenvalue weighted by molar-refractivity contribution is 5.92. The number of amides is 1. The van der Waals surface area contributed by atoms with Crippen LogP contribution >= 0.6 is 0 Å². The van der Waals surface area contributed by atoms with E-state index in [0.717, 1.165) is 31.5 Å². The molecular formula is C18H25N5O3. The molecule has 1 fully saturated rings. The standard InChI is InChI=1S/C18H25N5O3/c1-12(13-4-5-16(25-2)17(10-13)26-3)20-18(24)15-11-23(22-21-15)14-6-8-19-9-7-14/h4-5,10-12,14,19H,6-9H2,1-3H3,(H,20,24). The number of hydrogen-bond donors (Lipinski definition) is 2. The van der Waals surface area contributed by atoms with Crippen molar-refractivity contribution in [3.05, 3.63) is 35.7 Å². The topological polar surface area (TPSA) is 90.3 Å². The Bertz CT molecular complexity index is 755. The molecule has 0 radical (unpaired) electrons. The number of hydrogen-bond acceptors (Lipinski definition) is 6. The first-order valence-electron chi connectivity index (χ1n) is 8.77. The largest absolute Gasteiger partial charge is 0.493 e. The molecule has 8 heteroatoms. The molecule has 26 heavy (non-hydrogen) atoms. The van der Waals surface area contributed by atoms with Gasteiger partial charge in [-0.1, -0.05) is 11.3 Å². The van der Waals surface area contributed by atoms with Crippen molar-refractivity contribution in [2.24, 2.45) is 0 Å². The van der Waals surface area contributed by atoms with Crippen molar-refractivity contribution in [3.63, 3.8) is 0 Å². The third kappa shape index (κ3) is 3.96. The average molecular weight is 359 g/mol. The lowest BCUT2D eigenvalue weighted by atomic mass is 10.1. The van der Waals surface area contributed by atoms with Crippen LogP contribution in [0.4, 0.5) is 0 Å². The van der Waals surface area contributed by atoms with Crippen LogP contribution in [-0.2, 0) is 0 Å². The van der Waals surface area contributed by atoms with Crippen molar-refractivity contribution < 1.29 is 14.3 Å². The molecule has 0 saturated carbocycles. The van der Waals surface area contributed by atoms with Gasteiger partial charge in [0.1, 0.15) is 0 Å². The van der Waals surface area contributed by atoms with Crippen molar-refractivity contribution in [2.75, 3.05) is 27.3 Å². The Morgan fingerprint density at radius 3 is 2.69 bits per heavy atom. The van der Waals surface area contributed by atoms with E-state index in [9.17, 15) is 4.79 Å². The van der Waals surface area contributed by atoms with E-state index in [2.05, 4.69) is 20.9 Å². The van der Waals surface area contributed by atoms with Gasteiger partial charge in [0.05, 0.1) is 32.5 Å². The molecule has 2 N–H and O–H groups in total. The minimum atomic E-state index is -0.243. The SMILES string of the molecule is COc1ccc(C(C)NC(=O)c2cn(C3CCNCC3)nn2)cc1OC. The minimum Gasteiger partial charge on any atom is -0.493 e. The van der Waals surface area contributed by atoms with Crippen LogP contribution in [-0.4, -0.2) is 48.2 Å². The van der Waals surface area contributed by atoms with Crippen molar-refractivity contribution in [1.29, 1.82) is 0 Å². The zero-order valence-corrected chi connectivity index (χ0v) is 15.4. The number of nitrogens with zero attached hydrogens (tertiary/aromatic N) is 3. The molecule has 1 amide bonds. The summed E-state index contributed by atoms with van der Waals surface area (Å²) < 4.78 is 12.4. The fourth-order valence-corrected chi connectivity index (χ4v) is 3.11. The van der Waals surface area contributed by atoms with Crippen molar-refractivity contribution in [1.82, 2.24) is 25.6 Å². The molecule has 1 unspecified atom stereocenters. The van der Waals surface area contributed by atoms with Crippen LogP contribution in [0.5, 0.6) is 11.5 Å². The van der Waals surface area contributed by atoms with Gasteiger partial charge in [-0.15, -0.1) is 5.10 Å². The van der Waals surface area contributed by atoms with Crippen LogP contribution in [0.2, 0.25) is 0 Å². The number of carbonyl (C=O) groups excluding carboxylic acids is 1. The van der Waals surface area contributed by atoms with E-state index in [1.165, 1.54) is 0 Å². The molecule has 8 nitrogen and oxygen atoms in total. The summed E-state index contributed by atoms with van der Waals surface area (Å²) in [6, 6.07) is 5.68. The molecule has 1 aliphatic rings. The van der Waals surface area contributed by atoms with Crippen LogP contribution in [0.25, 0.3) is 0 Å². The van der Waals surface area contributed by atoms with Crippen LogP contribution < -0.4 is 20.1 Å². The predicted octanol–water partition coefficient (Wildman–Crippen LogP) is 1.71. The second-order valence-corrected chi connectivity index (χ2v) is 6.37. The quantitative estimate of drug-likeness (QED) is 0.816. The maximum absolute atomic E-state index is 12.5. The van der Waals surface area contributed by atoms with Crippen LogP contribution in [0.3, 0.4) is 0 Å². The molecular weight excluding hydrogens is 334 g/mol. The maximum atomic E-state index is 12.5. The monoisotopic (exact) mass is 359 g/mol. The Labute approximate surface area is 152 Å².